The van der Waals surface area contributed by atoms with Gasteiger partial charge in [0.25, 0.3) is 0 Å². The first kappa shape index (κ1) is 26.0. The second kappa shape index (κ2) is 13.3. The molecule has 182 valence electrons. The average molecular weight is 465 g/mol. The maximum Gasteiger partial charge on any atom is 0.303 e. The van der Waals surface area contributed by atoms with Crippen LogP contribution < -0.4 is 0 Å². The van der Waals surface area contributed by atoms with Crippen molar-refractivity contribution in [2.75, 3.05) is 0 Å². The van der Waals surface area contributed by atoms with Crippen LogP contribution in [0.25, 0.3) is 11.1 Å². The van der Waals surface area contributed by atoms with E-state index in [1.54, 1.807) is 0 Å². The SMILES string of the molecule is O=C(O)CCCCCCC1[C@@H](CCC(O)C#Cc2ccc(-c3ccccc3)cc2)C(O)C[C@@H]1O. The van der Waals surface area contributed by atoms with Gasteiger partial charge in [-0.2, -0.15) is 0 Å². The Morgan fingerprint density at radius 3 is 2.15 bits per heavy atom. The molecule has 0 aromatic heterocycles. The molecule has 0 radical (unpaired) electrons. The van der Waals surface area contributed by atoms with Crippen LogP contribution in [-0.2, 0) is 4.79 Å². The molecule has 3 rings (SSSR count). The molecule has 34 heavy (non-hydrogen) atoms. The van der Waals surface area contributed by atoms with Gasteiger partial charge in [0.15, 0.2) is 0 Å². The molecule has 5 nitrogen and oxygen atoms in total. The first-order chi connectivity index (χ1) is 16.4. The maximum atomic E-state index is 10.6. The number of carboxylic acids is 1. The number of aliphatic hydroxyl groups is 3. The van der Waals surface area contributed by atoms with Gasteiger partial charge in [-0.3, -0.25) is 4.79 Å². The first-order valence-corrected chi connectivity index (χ1v) is 12.4. The van der Waals surface area contributed by atoms with E-state index in [4.69, 9.17) is 5.11 Å². The molecule has 1 aliphatic rings. The van der Waals surface area contributed by atoms with E-state index < -0.39 is 24.3 Å². The van der Waals surface area contributed by atoms with Crippen LogP contribution in [0.3, 0.4) is 0 Å². The highest BCUT2D eigenvalue weighted by atomic mass is 16.4. The summed E-state index contributed by atoms with van der Waals surface area (Å²) >= 11 is 0. The van der Waals surface area contributed by atoms with Crippen molar-refractivity contribution in [3.05, 3.63) is 60.2 Å². The van der Waals surface area contributed by atoms with Gasteiger partial charge >= 0.3 is 5.97 Å². The summed E-state index contributed by atoms with van der Waals surface area (Å²) in [6.07, 6.45) is 3.97. The molecule has 0 spiro atoms. The van der Waals surface area contributed by atoms with Crippen LogP contribution in [0.1, 0.15) is 63.4 Å². The topological polar surface area (TPSA) is 98.0 Å². The van der Waals surface area contributed by atoms with E-state index in [9.17, 15) is 20.1 Å². The third-order valence-electron chi connectivity index (χ3n) is 6.85. The second-order valence-corrected chi connectivity index (χ2v) is 9.35. The molecule has 5 heteroatoms. The zero-order valence-corrected chi connectivity index (χ0v) is 19.6. The zero-order valence-electron chi connectivity index (χ0n) is 19.6. The van der Waals surface area contributed by atoms with Crippen LogP contribution in [0.5, 0.6) is 0 Å². The molecule has 4 N–H and O–H groups in total. The summed E-state index contributed by atoms with van der Waals surface area (Å²) in [4.78, 5) is 10.6. The van der Waals surface area contributed by atoms with Crippen LogP contribution in [0.2, 0.25) is 0 Å². The van der Waals surface area contributed by atoms with Crippen molar-refractivity contribution < 1.29 is 25.2 Å². The number of unbranched alkanes of at least 4 members (excludes halogenated alkanes) is 3. The van der Waals surface area contributed by atoms with Crippen molar-refractivity contribution in [2.24, 2.45) is 11.8 Å². The molecule has 0 saturated heterocycles. The monoisotopic (exact) mass is 464 g/mol. The summed E-state index contributed by atoms with van der Waals surface area (Å²) in [6.45, 7) is 0. The summed E-state index contributed by atoms with van der Waals surface area (Å²) in [5.74, 6) is 5.15. The fourth-order valence-electron chi connectivity index (χ4n) is 4.96. The van der Waals surface area contributed by atoms with Gasteiger partial charge in [-0.25, -0.2) is 0 Å². The van der Waals surface area contributed by atoms with Gasteiger partial charge in [0, 0.05) is 12.0 Å². The molecule has 0 bridgehead atoms. The van der Waals surface area contributed by atoms with Crippen molar-refractivity contribution in [2.45, 2.75) is 76.1 Å². The minimum atomic E-state index is -0.782. The highest BCUT2D eigenvalue weighted by Crippen LogP contribution is 2.39. The average Bonchev–Trinajstić information content (AvgIpc) is 3.11. The normalized spacial score (nSPS) is 22.7. The van der Waals surface area contributed by atoms with E-state index in [0.717, 1.165) is 42.4 Å². The van der Waals surface area contributed by atoms with Gasteiger partial charge in [-0.1, -0.05) is 73.6 Å². The number of carboxylic acid groups (broad SMARTS) is 1. The number of carbonyl (C=O) groups is 1. The highest BCUT2D eigenvalue weighted by molar-refractivity contribution is 5.66. The number of aliphatic carboxylic acids is 1. The van der Waals surface area contributed by atoms with Gasteiger partial charge in [0.1, 0.15) is 6.10 Å². The van der Waals surface area contributed by atoms with E-state index in [1.807, 2.05) is 42.5 Å². The van der Waals surface area contributed by atoms with Crippen molar-refractivity contribution >= 4 is 5.97 Å². The first-order valence-electron chi connectivity index (χ1n) is 12.4. The number of hydrogen-bond acceptors (Lipinski definition) is 4. The quantitative estimate of drug-likeness (QED) is 0.287. The van der Waals surface area contributed by atoms with Gasteiger partial charge in [0.2, 0.25) is 0 Å². The molecular weight excluding hydrogens is 428 g/mol. The number of aliphatic hydroxyl groups excluding tert-OH is 3. The van der Waals surface area contributed by atoms with Crippen LogP contribution in [-0.4, -0.2) is 44.7 Å². The lowest BCUT2D eigenvalue weighted by molar-refractivity contribution is -0.137. The van der Waals surface area contributed by atoms with E-state index in [0.29, 0.717) is 25.7 Å². The van der Waals surface area contributed by atoms with E-state index in [-0.39, 0.29) is 18.3 Å². The maximum absolute atomic E-state index is 10.6. The molecule has 1 saturated carbocycles. The number of hydrogen-bond donors (Lipinski definition) is 4. The number of rotatable bonds is 11. The Balaban J connectivity index is 1.46. The van der Waals surface area contributed by atoms with Crippen molar-refractivity contribution in [1.82, 2.24) is 0 Å². The van der Waals surface area contributed by atoms with Crippen molar-refractivity contribution in [3.63, 3.8) is 0 Å². The smallest absolute Gasteiger partial charge is 0.303 e. The predicted octanol–water partition coefficient (Wildman–Crippen LogP) is 4.63. The largest absolute Gasteiger partial charge is 0.481 e. The third kappa shape index (κ3) is 7.99. The fourth-order valence-corrected chi connectivity index (χ4v) is 4.96. The summed E-state index contributed by atoms with van der Waals surface area (Å²) in [6, 6.07) is 18.1. The molecular formula is C29H36O5. The van der Waals surface area contributed by atoms with Gasteiger partial charge in [-0.05, 0) is 67.2 Å². The molecule has 0 aliphatic heterocycles. The summed E-state index contributed by atoms with van der Waals surface area (Å²) in [5.41, 5.74) is 3.11. The molecule has 1 aliphatic carbocycles. The zero-order chi connectivity index (χ0) is 24.3. The molecule has 2 aromatic carbocycles. The van der Waals surface area contributed by atoms with Crippen LogP contribution in [0.4, 0.5) is 0 Å². The van der Waals surface area contributed by atoms with Gasteiger partial charge in [0.05, 0.1) is 12.2 Å². The lowest BCUT2D eigenvalue weighted by atomic mass is 9.85. The Morgan fingerprint density at radius 1 is 0.853 bits per heavy atom. The minimum Gasteiger partial charge on any atom is -0.481 e. The van der Waals surface area contributed by atoms with E-state index in [2.05, 4.69) is 24.0 Å². The highest BCUT2D eigenvalue weighted by Gasteiger charge is 2.40. The van der Waals surface area contributed by atoms with Crippen LogP contribution in [0, 0.1) is 23.7 Å². The Kier molecular flexibility index (Phi) is 10.2. The Labute approximate surface area is 202 Å². The van der Waals surface area contributed by atoms with Crippen molar-refractivity contribution in [3.8, 4) is 23.0 Å². The molecule has 0 amide bonds. The third-order valence-corrected chi connectivity index (χ3v) is 6.85. The molecule has 3 unspecified atom stereocenters. The summed E-state index contributed by atoms with van der Waals surface area (Å²) in [5, 5.41) is 39.9. The molecule has 5 atom stereocenters. The fraction of sp³-hybridized carbons (Fsp3) is 0.483. The Bertz CT molecular complexity index is 944. The van der Waals surface area contributed by atoms with Crippen LogP contribution >= 0.6 is 0 Å². The van der Waals surface area contributed by atoms with Gasteiger partial charge < -0.3 is 20.4 Å². The van der Waals surface area contributed by atoms with Crippen molar-refractivity contribution in [1.29, 1.82) is 0 Å². The summed E-state index contributed by atoms with van der Waals surface area (Å²) < 4.78 is 0. The second-order valence-electron chi connectivity index (χ2n) is 9.35. The van der Waals surface area contributed by atoms with Gasteiger partial charge in [-0.15, -0.1) is 0 Å². The summed E-state index contributed by atoms with van der Waals surface area (Å²) in [7, 11) is 0. The molecule has 1 fully saturated rings. The predicted molar refractivity (Wildman–Crippen MR) is 133 cm³/mol. The Morgan fingerprint density at radius 2 is 1.47 bits per heavy atom. The van der Waals surface area contributed by atoms with E-state index >= 15 is 0 Å². The lowest BCUT2D eigenvalue weighted by Crippen LogP contribution is -2.23. The van der Waals surface area contributed by atoms with E-state index in [1.165, 1.54) is 0 Å². The van der Waals surface area contributed by atoms with Crippen LogP contribution in [0.15, 0.2) is 54.6 Å². The standard InChI is InChI=1S/C29H36O5/c30-24(17-14-21-12-15-23(16-13-21)22-8-4-3-5-9-22)18-19-26-25(27(31)20-28(26)32)10-6-1-2-7-11-29(33)34/h3-5,8-9,12-13,15-16,24-28,30-32H,1-2,6-7,10-11,18-20H2,(H,33,34)/t24?,25?,26-,27+,28?/m1/s1. The lowest BCUT2D eigenvalue weighted by Gasteiger charge is -2.24. The number of benzene rings is 2. The minimum absolute atomic E-state index is 0.0140. The molecule has 2 aromatic rings. The molecule has 0 heterocycles. The Hall–Kier alpha value is -2.65.